The van der Waals surface area contributed by atoms with Crippen LogP contribution in [0.2, 0.25) is 0 Å². The molecule has 0 atom stereocenters. The van der Waals surface area contributed by atoms with Gasteiger partial charge in [-0.3, -0.25) is 9.48 Å². The van der Waals surface area contributed by atoms with E-state index in [0.29, 0.717) is 0 Å². The first-order valence-electron chi connectivity index (χ1n) is 7.63. The molecule has 1 heterocycles. The molecule has 4 nitrogen and oxygen atoms in total. The lowest BCUT2D eigenvalue weighted by Gasteiger charge is -2.10. The van der Waals surface area contributed by atoms with Gasteiger partial charge in [-0.15, -0.1) is 0 Å². The second kappa shape index (κ2) is 6.82. The third-order valence-electron chi connectivity index (χ3n) is 3.73. The predicted molar refractivity (Wildman–Crippen MR) is 88.0 cm³/mol. The highest BCUT2D eigenvalue weighted by atomic mass is 19.4. The summed E-state index contributed by atoms with van der Waals surface area (Å²) >= 11 is 0. The van der Waals surface area contributed by atoms with Crippen LogP contribution in [-0.2, 0) is 13.2 Å². The lowest BCUT2D eigenvalue weighted by Crippen LogP contribution is -2.14. The van der Waals surface area contributed by atoms with Gasteiger partial charge in [-0.05, 0) is 30.3 Å². The number of rotatable bonds is 3. The molecule has 3 rings (SSSR count). The van der Waals surface area contributed by atoms with Crippen molar-refractivity contribution in [3.8, 4) is 11.1 Å². The molecule has 0 aliphatic rings. The van der Waals surface area contributed by atoms with Crippen LogP contribution in [0.4, 0.5) is 27.6 Å². The summed E-state index contributed by atoms with van der Waals surface area (Å²) in [5.41, 5.74) is -2.23. The zero-order chi connectivity index (χ0) is 19.8. The quantitative estimate of drug-likeness (QED) is 0.672. The van der Waals surface area contributed by atoms with E-state index in [-0.39, 0.29) is 16.8 Å². The number of halogens is 5. The van der Waals surface area contributed by atoms with Crippen LogP contribution >= 0.6 is 0 Å². The first kappa shape index (κ1) is 18.6. The molecule has 0 aliphatic heterocycles. The summed E-state index contributed by atoms with van der Waals surface area (Å²) in [6.07, 6.45) is -3.69. The van der Waals surface area contributed by atoms with Gasteiger partial charge in [-0.25, -0.2) is 8.78 Å². The molecular formula is C18H12F5N3O. The zero-order valence-corrected chi connectivity index (χ0v) is 13.8. The van der Waals surface area contributed by atoms with Crippen molar-refractivity contribution in [1.29, 1.82) is 0 Å². The third-order valence-corrected chi connectivity index (χ3v) is 3.73. The largest absolute Gasteiger partial charge is 0.435 e. The number of alkyl halides is 3. The van der Waals surface area contributed by atoms with Crippen LogP contribution < -0.4 is 5.32 Å². The van der Waals surface area contributed by atoms with Crippen molar-refractivity contribution >= 4 is 11.6 Å². The average molecular weight is 381 g/mol. The average Bonchev–Trinajstić information content (AvgIpc) is 2.97. The second-order valence-electron chi connectivity index (χ2n) is 5.69. The summed E-state index contributed by atoms with van der Waals surface area (Å²) in [4.78, 5) is 12.1. The molecule has 3 aromatic rings. The molecule has 2 aromatic carbocycles. The fraction of sp³-hybridized carbons (Fsp3) is 0.111. The van der Waals surface area contributed by atoms with E-state index >= 15 is 0 Å². The minimum atomic E-state index is -4.75. The van der Waals surface area contributed by atoms with E-state index in [9.17, 15) is 26.7 Å². The molecule has 0 bridgehead atoms. The van der Waals surface area contributed by atoms with Crippen molar-refractivity contribution in [2.75, 3.05) is 5.32 Å². The number of nitrogens with zero attached hydrogens (tertiary/aromatic N) is 2. The van der Waals surface area contributed by atoms with Crippen LogP contribution in [0.1, 0.15) is 16.1 Å². The molecular weight excluding hydrogens is 369 g/mol. The molecule has 1 amide bonds. The van der Waals surface area contributed by atoms with Crippen LogP contribution in [0, 0.1) is 11.6 Å². The molecule has 27 heavy (non-hydrogen) atoms. The van der Waals surface area contributed by atoms with Crippen LogP contribution in [-0.4, -0.2) is 15.7 Å². The van der Waals surface area contributed by atoms with Gasteiger partial charge in [0, 0.05) is 30.1 Å². The SMILES string of the molecule is Cn1cc(-c2ccc(NC(=O)c3ccccc3F)cc2F)c(C(F)(F)F)n1. The minimum absolute atomic E-state index is 0.0260. The first-order valence-corrected chi connectivity index (χ1v) is 7.63. The Balaban J connectivity index is 1.92. The molecule has 0 fully saturated rings. The number of aromatic nitrogens is 2. The number of hydrogen-bond acceptors (Lipinski definition) is 2. The van der Waals surface area contributed by atoms with E-state index in [4.69, 9.17) is 0 Å². The molecule has 140 valence electrons. The van der Waals surface area contributed by atoms with Gasteiger partial charge in [0.2, 0.25) is 0 Å². The Kier molecular flexibility index (Phi) is 4.69. The highest BCUT2D eigenvalue weighted by molar-refractivity contribution is 6.04. The molecule has 0 aliphatic carbocycles. The molecule has 0 radical (unpaired) electrons. The highest BCUT2D eigenvalue weighted by Gasteiger charge is 2.37. The van der Waals surface area contributed by atoms with Gasteiger partial charge in [-0.1, -0.05) is 12.1 Å². The maximum absolute atomic E-state index is 14.4. The topological polar surface area (TPSA) is 46.9 Å². The standard InChI is InChI=1S/C18H12F5N3O/c1-26-9-13(16(25-26)18(21,22)23)11-7-6-10(8-15(11)20)24-17(27)12-4-2-3-5-14(12)19/h2-9H,1H3,(H,24,27). The van der Waals surface area contributed by atoms with E-state index in [1.807, 2.05) is 0 Å². The van der Waals surface area contributed by atoms with Gasteiger partial charge in [-0.2, -0.15) is 18.3 Å². The van der Waals surface area contributed by atoms with E-state index < -0.39 is 35.0 Å². The molecule has 1 N–H and O–H groups in total. The van der Waals surface area contributed by atoms with Crippen molar-refractivity contribution < 1.29 is 26.7 Å². The van der Waals surface area contributed by atoms with Gasteiger partial charge in [0.25, 0.3) is 5.91 Å². The Morgan fingerprint density at radius 1 is 1.04 bits per heavy atom. The summed E-state index contributed by atoms with van der Waals surface area (Å²) in [6.45, 7) is 0. The van der Waals surface area contributed by atoms with Crippen LogP contribution in [0.3, 0.4) is 0 Å². The Bertz CT molecular complexity index is 1010. The first-order chi connectivity index (χ1) is 12.7. The highest BCUT2D eigenvalue weighted by Crippen LogP contribution is 2.37. The molecule has 1 aromatic heterocycles. The predicted octanol–water partition coefficient (Wildman–Crippen LogP) is 4.64. The number of hydrogen-bond donors (Lipinski definition) is 1. The summed E-state index contributed by atoms with van der Waals surface area (Å²) in [5, 5.41) is 5.64. The maximum atomic E-state index is 14.4. The summed E-state index contributed by atoms with van der Waals surface area (Å²) in [5.74, 6) is -2.55. The Morgan fingerprint density at radius 2 is 1.74 bits per heavy atom. The van der Waals surface area contributed by atoms with Crippen molar-refractivity contribution in [3.05, 3.63) is 71.6 Å². The fourth-order valence-corrected chi connectivity index (χ4v) is 2.55. The maximum Gasteiger partial charge on any atom is 0.435 e. The van der Waals surface area contributed by atoms with Crippen LogP contribution in [0.15, 0.2) is 48.7 Å². The van der Waals surface area contributed by atoms with E-state index in [1.54, 1.807) is 0 Å². The number of nitrogens with one attached hydrogen (secondary N) is 1. The molecule has 9 heteroatoms. The number of benzene rings is 2. The molecule has 0 saturated heterocycles. The molecule has 0 unspecified atom stereocenters. The van der Waals surface area contributed by atoms with Gasteiger partial charge >= 0.3 is 6.18 Å². The van der Waals surface area contributed by atoms with Crippen molar-refractivity contribution in [2.24, 2.45) is 7.05 Å². The van der Waals surface area contributed by atoms with Crippen LogP contribution in [0.25, 0.3) is 11.1 Å². The Hall–Kier alpha value is -3.23. The normalized spacial score (nSPS) is 11.5. The number of carbonyl (C=O) groups excluding carboxylic acids is 1. The van der Waals surface area contributed by atoms with Gasteiger partial charge in [0.1, 0.15) is 11.6 Å². The zero-order valence-electron chi connectivity index (χ0n) is 13.8. The van der Waals surface area contributed by atoms with E-state index in [2.05, 4.69) is 10.4 Å². The Morgan fingerprint density at radius 3 is 2.37 bits per heavy atom. The third kappa shape index (κ3) is 3.81. The molecule has 0 spiro atoms. The van der Waals surface area contributed by atoms with E-state index in [0.717, 1.165) is 29.1 Å². The molecule has 0 saturated carbocycles. The number of carbonyl (C=O) groups is 1. The van der Waals surface area contributed by atoms with Crippen molar-refractivity contribution in [3.63, 3.8) is 0 Å². The summed E-state index contributed by atoms with van der Waals surface area (Å²) in [6, 6.07) is 8.40. The van der Waals surface area contributed by atoms with E-state index in [1.165, 1.54) is 31.3 Å². The number of amides is 1. The summed E-state index contributed by atoms with van der Waals surface area (Å²) in [7, 11) is 1.29. The number of aryl methyl sites for hydroxylation is 1. The fourth-order valence-electron chi connectivity index (χ4n) is 2.55. The van der Waals surface area contributed by atoms with Gasteiger partial charge < -0.3 is 5.32 Å². The minimum Gasteiger partial charge on any atom is -0.322 e. The van der Waals surface area contributed by atoms with Crippen molar-refractivity contribution in [1.82, 2.24) is 9.78 Å². The lowest BCUT2D eigenvalue weighted by molar-refractivity contribution is -0.141. The summed E-state index contributed by atoms with van der Waals surface area (Å²) < 4.78 is 68.2. The Labute approximate surface area is 150 Å². The smallest absolute Gasteiger partial charge is 0.322 e. The monoisotopic (exact) mass is 381 g/mol. The number of anilines is 1. The van der Waals surface area contributed by atoms with Crippen LogP contribution in [0.5, 0.6) is 0 Å². The second-order valence-corrected chi connectivity index (χ2v) is 5.69. The van der Waals surface area contributed by atoms with Crippen molar-refractivity contribution in [2.45, 2.75) is 6.18 Å². The van der Waals surface area contributed by atoms with Gasteiger partial charge in [0.05, 0.1) is 5.56 Å². The van der Waals surface area contributed by atoms with Gasteiger partial charge in [0.15, 0.2) is 5.69 Å². The lowest BCUT2D eigenvalue weighted by atomic mass is 10.0.